The van der Waals surface area contributed by atoms with E-state index < -0.39 is 0 Å². The molecule has 148 valence electrons. The Kier molecular flexibility index (Phi) is 10.9. The Morgan fingerprint density at radius 1 is 1.19 bits per heavy atom. The van der Waals surface area contributed by atoms with Gasteiger partial charge in [0.25, 0.3) is 0 Å². The molecule has 3 heterocycles. The van der Waals surface area contributed by atoms with Crippen LogP contribution in [-0.2, 0) is 11.3 Å². The van der Waals surface area contributed by atoms with Gasteiger partial charge < -0.3 is 15.5 Å². The monoisotopic (exact) mass is 402 g/mol. The van der Waals surface area contributed by atoms with Gasteiger partial charge in [0.2, 0.25) is 5.91 Å². The quantitative estimate of drug-likeness (QED) is 0.765. The Morgan fingerprint density at radius 2 is 1.96 bits per heavy atom. The fraction of sp³-hybridized carbons (Fsp3) is 0.684. The number of halogens is 2. The van der Waals surface area contributed by atoms with Crippen molar-refractivity contribution in [3.63, 3.8) is 0 Å². The normalized spacial score (nSPS) is 19.8. The summed E-state index contributed by atoms with van der Waals surface area (Å²) in [6, 6.07) is 4.19. The van der Waals surface area contributed by atoms with Gasteiger partial charge in [-0.25, -0.2) is 4.98 Å². The highest BCUT2D eigenvalue weighted by Crippen LogP contribution is 2.17. The Morgan fingerprint density at radius 3 is 2.58 bits per heavy atom. The summed E-state index contributed by atoms with van der Waals surface area (Å²) >= 11 is 0. The molecule has 0 aliphatic carbocycles. The van der Waals surface area contributed by atoms with E-state index in [4.69, 9.17) is 0 Å². The van der Waals surface area contributed by atoms with Crippen LogP contribution in [0.5, 0.6) is 0 Å². The summed E-state index contributed by atoms with van der Waals surface area (Å²) in [5, 5.41) is 6.37. The third kappa shape index (κ3) is 7.29. The first-order chi connectivity index (χ1) is 11.8. The average molecular weight is 403 g/mol. The van der Waals surface area contributed by atoms with E-state index in [0.717, 1.165) is 44.0 Å². The van der Waals surface area contributed by atoms with E-state index in [-0.39, 0.29) is 30.7 Å². The first-order valence-corrected chi connectivity index (χ1v) is 9.48. The van der Waals surface area contributed by atoms with E-state index in [2.05, 4.69) is 32.7 Å². The highest BCUT2D eigenvalue weighted by molar-refractivity contribution is 5.85. The van der Waals surface area contributed by atoms with Crippen LogP contribution in [-0.4, -0.2) is 37.1 Å². The van der Waals surface area contributed by atoms with Crippen LogP contribution < -0.4 is 15.5 Å². The van der Waals surface area contributed by atoms with Crippen molar-refractivity contribution < 1.29 is 4.79 Å². The minimum Gasteiger partial charge on any atom is -0.357 e. The van der Waals surface area contributed by atoms with Gasteiger partial charge in [-0.1, -0.05) is 18.9 Å². The fourth-order valence-corrected chi connectivity index (χ4v) is 3.59. The zero-order chi connectivity index (χ0) is 16.6. The van der Waals surface area contributed by atoms with Crippen LogP contribution in [0, 0.1) is 5.92 Å². The molecule has 0 saturated carbocycles. The summed E-state index contributed by atoms with van der Waals surface area (Å²) in [6.45, 7) is 4.96. The number of anilines is 1. The topological polar surface area (TPSA) is 57.3 Å². The summed E-state index contributed by atoms with van der Waals surface area (Å²) in [7, 11) is 0. The molecule has 1 amide bonds. The molecule has 5 nitrogen and oxygen atoms in total. The Balaban J connectivity index is 0.00000169. The van der Waals surface area contributed by atoms with Gasteiger partial charge >= 0.3 is 0 Å². The number of carbonyl (C=O) groups excluding carboxylic acids is 1. The number of nitrogens with zero attached hydrogens (tertiary/aromatic N) is 2. The Labute approximate surface area is 169 Å². The first-order valence-electron chi connectivity index (χ1n) is 9.48. The van der Waals surface area contributed by atoms with Crippen molar-refractivity contribution in [2.75, 3.05) is 31.1 Å². The van der Waals surface area contributed by atoms with Crippen LogP contribution in [0.2, 0.25) is 0 Å². The summed E-state index contributed by atoms with van der Waals surface area (Å²) < 4.78 is 0. The predicted octanol–water partition coefficient (Wildman–Crippen LogP) is 3.31. The zero-order valence-corrected chi connectivity index (χ0v) is 17.0. The van der Waals surface area contributed by atoms with Gasteiger partial charge in [0.05, 0.1) is 0 Å². The molecule has 0 spiro atoms. The van der Waals surface area contributed by atoms with Crippen molar-refractivity contribution in [1.29, 1.82) is 0 Å². The molecule has 0 bridgehead atoms. The van der Waals surface area contributed by atoms with Gasteiger partial charge in [-0.15, -0.1) is 24.8 Å². The smallest absolute Gasteiger partial charge is 0.220 e. The standard InChI is InChI=1S/C19H30N4O.2ClH/c24-19(8-6-16-9-10-20-13-16)22-15-17-5-7-18(21-14-17)23-11-3-1-2-4-12-23;;/h5,7,14,16,20H,1-4,6,8-13,15H2,(H,22,24);2*1H. The average Bonchev–Trinajstić information content (AvgIpc) is 2.99. The van der Waals surface area contributed by atoms with Gasteiger partial charge in [-0.3, -0.25) is 4.79 Å². The van der Waals surface area contributed by atoms with E-state index in [0.29, 0.717) is 18.9 Å². The van der Waals surface area contributed by atoms with E-state index >= 15 is 0 Å². The van der Waals surface area contributed by atoms with Crippen molar-refractivity contribution in [2.24, 2.45) is 5.92 Å². The highest BCUT2D eigenvalue weighted by atomic mass is 35.5. The van der Waals surface area contributed by atoms with Crippen molar-refractivity contribution in [1.82, 2.24) is 15.6 Å². The van der Waals surface area contributed by atoms with Crippen LogP contribution in [0.3, 0.4) is 0 Å². The molecule has 2 aliphatic heterocycles. The molecule has 0 radical (unpaired) electrons. The molecule has 1 aromatic rings. The minimum atomic E-state index is 0. The molecule has 1 unspecified atom stereocenters. The molecule has 2 N–H and O–H groups in total. The van der Waals surface area contributed by atoms with Crippen LogP contribution in [0.4, 0.5) is 5.82 Å². The maximum atomic E-state index is 12.0. The van der Waals surface area contributed by atoms with Crippen LogP contribution >= 0.6 is 24.8 Å². The zero-order valence-electron chi connectivity index (χ0n) is 15.4. The molecular formula is C19H32Cl2N4O. The molecule has 3 rings (SSSR count). The van der Waals surface area contributed by atoms with Crippen LogP contribution in [0.15, 0.2) is 18.3 Å². The molecule has 2 saturated heterocycles. The molecule has 26 heavy (non-hydrogen) atoms. The van der Waals surface area contributed by atoms with E-state index in [1.165, 1.54) is 32.1 Å². The number of hydrogen-bond acceptors (Lipinski definition) is 4. The summed E-state index contributed by atoms with van der Waals surface area (Å²) in [4.78, 5) is 18.9. The van der Waals surface area contributed by atoms with Gasteiger partial charge in [-0.2, -0.15) is 0 Å². The Bertz CT molecular complexity index is 513. The molecule has 1 aromatic heterocycles. The van der Waals surface area contributed by atoms with E-state index in [1.807, 2.05) is 6.20 Å². The molecule has 1 atom stereocenters. The lowest BCUT2D eigenvalue weighted by atomic mass is 10.0. The molecule has 0 aromatic carbocycles. The lowest BCUT2D eigenvalue weighted by Gasteiger charge is -2.21. The van der Waals surface area contributed by atoms with Gasteiger partial charge in [0.1, 0.15) is 5.82 Å². The third-order valence-electron chi connectivity index (χ3n) is 5.17. The maximum absolute atomic E-state index is 12.0. The van der Waals surface area contributed by atoms with Gasteiger partial charge in [0.15, 0.2) is 0 Å². The van der Waals surface area contributed by atoms with E-state index in [1.54, 1.807) is 0 Å². The second-order valence-electron chi connectivity index (χ2n) is 7.10. The fourth-order valence-electron chi connectivity index (χ4n) is 3.59. The second-order valence-corrected chi connectivity index (χ2v) is 7.10. The molecule has 2 aliphatic rings. The summed E-state index contributed by atoms with van der Waals surface area (Å²) in [5.74, 6) is 1.89. The van der Waals surface area contributed by atoms with Crippen molar-refractivity contribution >= 4 is 36.5 Å². The highest BCUT2D eigenvalue weighted by Gasteiger charge is 2.15. The number of nitrogens with one attached hydrogen (secondary N) is 2. The molecule has 2 fully saturated rings. The maximum Gasteiger partial charge on any atom is 0.220 e. The number of amides is 1. The van der Waals surface area contributed by atoms with Crippen LogP contribution in [0.25, 0.3) is 0 Å². The van der Waals surface area contributed by atoms with Gasteiger partial charge in [-0.05, 0) is 56.3 Å². The molecule has 7 heteroatoms. The Hall–Kier alpha value is -1.04. The second kappa shape index (κ2) is 12.4. The van der Waals surface area contributed by atoms with E-state index in [9.17, 15) is 4.79 Å². The number of hydrogen-bond donors (Lipinski definition) is 2. The van der Waals surface area contributed by atoms with Crippen molar-refractivity contribution in [3.05, 3.63) is 23.9 Å². The first kappa shape index (κ1) is 23.0. The van der Waals surface area contributed by atoms with Crippen molar-refractivity contribution in [2.45, 2.75) is 51.5 Å². The van der Waals surface area contributed by atoms with Gasteiger partial charge in [0, 0.05) is 32.3 Å². The predicted molar refractivity (Wildman–Crippen MR) is 111 cm³/mol. The largest absolute Gasteiger partial charge is 0.357 e. The lowest BCUT2D eigenvalue weighted by Crippen LogP contribution is -2.25. The number of carbonyl (C=O) groups is 1. The number of pyridine rings is 1. The SMILES string of the molecule is Cl.Cl.O=C(CCC1CCNC1)NCc1ccc(N2CCCCCC2)nc1. The minimum absolute atomic E-state index is 0. The molecular weight excluding hydrogens is 371 g/mol. The van der Waals surface area contributed by atoms with Crippen molar-refractivity contribution in [3.8, 4) is 0 Å². The lowest BCUT2D eigenvalue weighted by molar-refractivity contribution is -0.121. The summed E-state index contributed by atoms with van der Waals surface area (Å²) in [5.41, 5.74) is 1.07. The third-order valence-corrected chi connectivity index (χ3v) is 5.17. The van der Waals surface area contributed by atoms with Crippen LogP contribution in [0.1, 0.15) is 50.5 Å². The number of aromatic nitrogens is 1. The number of rotatable bonds is 6. The summed E-state index contributed by atoms with van der Waals surface area (Å²) in [6.07, 6.45) is 9.91.